The number of amides is 3. The Bertz CT molecular complexity index is 752. The Morgan fingerprint density at radius 1 is 1.16 bits per heavy atom. The first-order valence-corrected chi connectivity index (χ1v) is 9.37. The number of hydrogen-bond donors (Lipinski definition) is 3. The highest BCUT2D eigenvalue weighted by Crippen LogP contribution is 2.31. The van der Waals surface area contributed by atoms with Crippen molar-refractivity contribution in [1.29, 1.82) is 0 Å². The van der Waals surface area contributed by atoms with E-state index in [9.17, 15) is 9.59 Å². The summed E-state index contributed by atoms with van der Waals surface area (Å²) >= 11 is 1.59. The highest BCUT2D eigenvalue weighted by molar-refractivity contribution is 7.10. The highest BCUT2D eigenvalue weighted by Gasteiger charge is 2.41. The summed E-state index contributed by atoms with van der Waals surface area (Å²) in [5.74, 6) is -0.455. The van der Waals surface area contributed by atoms with Gasteiger partial charge < -0.3 is 16.4 Å². The molecule has 1 aliphatic carbocycles. The van der Waals surface area contributed by atoms with Gasteiger partial charge in [-0.25, -0.2) is 4.79 Å². The molecule has 6 heteroatoms. The van der Waals surface area contributed by atoms with Gasteiger partial charge in [0.1, 0.15) is 5.54 Å². The minimum atomic E-state index is -0.921. The number of rotatable bonds is 5. The molecule has 1 aromatic carbocycles. The first kappa shape index (κ1) is 17.5. The average Bonchev–Trinajstić information content (AvgIpc) is 3.26. The Balaban J connectivity index is 1.82. The Labute approximate surface area is 151 Å². The minimum Gasteiger partial charge on any atom is -0.368 e. The van der Waals surface area contributed by atoms with Crippen molar-refractivity contribution in [3.8, 4) is 0 Å². The van der Waals surface area contributed by atoms with Crippen molar-refractivity contribution in [1.82, 2.24) is 10.6 Å². The van der Waals surface area contributed by atoms with E-state index in [0.717, 1.165) is 28.8 Å². The van der Waals surface area contributed by atoms with Crippen LogP contribution >= 0.6 is 11.3 Å². The molecule has 4 N–H and O–H groups in total. The first-order chi connectivity index (χ1) is 12.0. The molecule has 1 fully saturated rings. The lowest BCUT2D eigenvalue weighted by atomic mass is 9.97. The second kappa shape index (κ2) is 7.27. The number of aryl methyl sites for hydroxylation is 1. The molecule has 132 valence electrons. The quantitative estimate of drug-likeness (QED) is 0.767. The average molecular weight is 357 g/mol. The van der Waals surface area contributed by atoms with Gasteiger partial charge in [-0.15, -0.1) is 11.3 Å². The Kier molecular flexibility index (Phi) is 5.08. The summed E-state index contributed by atoms with van der Waals surface area (Å²) in [5.41, 5.74) is 6.79. The van der Waals surface area contributed by atoms with Crippen LogP contribution in [-0.4, -0.2) is 17.5 Å². The molecule has 3 rings (SSSR count). The molecule has 0 spiro atoms. The molecule has 1 atom stereocenters. The molecule has 5 nitrogen and oxygen atoms in total. The Hall–Kier alpha value is -2.34. The number of benzene rings is 1. The summed E-state index contributed by atoms with van der Waals surface area (Å²) in [6.07, 6.45) is 3.00. The summed E-state index contributed by atoms with van der Waals surface area (Å²) in [6.45, 7) is 2.03. The Morgan fingerprint density at radius 2 is 1.88 bits per heavy atom. The number of primary amides is 1. The van der Waals surface area contributed by atoms with E-state index in [1.807, 2.05) is 48.7 Å². The minimum absolute atomic E-state index is 0.257. The lowest BCUT2D eigenvalue weighted by molar-refractivity contribution is -0.123. The van der Waals surface area contributed by atoms with E-state index in [2.05, 4.69) is 10.6 Å². The molecule has 25 heavy (non-hydrogen) atoms. The molecule has 0 radical (unpaired) electrons. The van der Waals surface area contributed by atoms with Crippen LogP contribution in [0.2, 0.25) is 0 Å². The van der Waals surface area contributed by atoms with Gasteiger partial charge in [-0.2, -0.15) is 0 Å². The van der Waals surface area contributed by atoms with Gasteiger partial charge in [0.2, 0.25) is 5.91 Å². The fourth-order valence-electron chi connectivity index (χ4n) is 3.46. The maximum atomic E-state index is 12.7. The summed E-state index contributed by atoms with van der Waals surface area (Å²) in [4.78, 5) is 25.6. The highest BCUT2D eigenvalue weighted by atomic mass is 32.1. The van der Waals surface area contributed by atoms with Gasteiger partial charge in [0, 0.05) is 4.88 Å². The molecular formula is C19H23N3O2S. The van der Waals surface area contributed by atoms with Crippen molar-refractivity contribution in [2.45, 2.75) is 44.2 Å². The number of nitrogens with one attached hydrogen (secondary N) is 2. The van der Waals surface area contributed by atoms with E-state index in [4.69, 9.17) is 5.73 Å². The van der Waals surface area contributed by atoms with Crippen LogP contribution in [0.15, 0.2) is 41.8 Å². The van der Waals surface area contributed by atoms with Crippen LogP contribution in [0.5, 0.6) is 0 Å². The van der Waals surface area contributed by atoms with Crippen LogP contribution in [0.25, 0.3) is 0 Å². The van der Waals surface area contributed by atoms with Gasteiger partial charge in [0.25, 0.3) is 0 Å². The van der Waals surface area contributed by atoms with Crippen LogP contribution in [0.3, 0.4) is 0 Å². The largest absolute Gasteiger partial charge is 0.368 e. The number of thiophene rings is 1. The third kappa shape index (κ3) is 3.69. The van der Waals surface area contributed by atoms with E-state index in [0.29, 0.717) is 12.8 Å². The maximum Gasteiger partial charge on any atom is 0.316 e. The van der Waals surface area contributed by atoms with Crippen LogP contribution in [-0.2, 0) is 4.79 Å². The lowest BCUT2D eigenvalue weighted by Gasteiger charge is -2.28. The first-order valence-electron chi connectivity index (χ1n) is 8.49. The van der Waals surface area contributed by atoms with Gasteiger partial charge in [-0.05, 0) is 42.3 Å². The molecule has 3 amide bonds. The fourth-order valence-corrected chi connectivity index (χ4v) is 4.26. The van der Waals surface area contributed by atoms with E-state index in [1.54, 1.807) is 11.3 Å². The molecule has 0 bridgehead atoms. The van der Waals surface area contributed by atoms with Crippen molar-refractivity contribution in [2.75, 3.05) is 0 Å². The zero-order valence-electron chi connectivity index (χ0n) is 14.2. The van der Waals surface area contributed by atoms with E-state index < -0.39 is 11.4 Å². The zero-order chi connectivity index (χ0) is 17.9. The standard InChI is InChI=1S/C19H23N3O2S/c1-13-7-2-3-8-14(13)16(15-9-6-12-25-15)21-18(24)22-19(17(20)23)10-4-5-11-19/h2-3,6-9,12,16H,4-5,10-11H2,1H3,(H2,20,23)(H2,21,22,24)/t16-/m1/s1. The van der Waals surface area contributed by atoms with E-state index >= 15 is 0 Å². The molecule has 0 unspecified atom stereocenters. The predicted molar refractivity (Wildman–Crippen MR) is 99.4 cm³/mol. The number of nitrogens with two attached hydrogens (primary N) is 1. The molecular weight excluding hydrogens is 334 g/mol. The van der Waals surface area contributed by atoms with Crippen LogP contribution < -0.4 is 16.4 Å². The third-order valence-electron chi connectivity index (χ3n) is 4.88. The molecule has 0 aliphatic heterocycles. The van der Waals surface area contributed by atoms with Gasteiger partial charge in [-0.1, -0.05) is 43.2 Å². The van der Waals surface area contributed by atoms with Crippen molar-refractivity contribution >= 4 is 23.3 Å². The van der Waals surface area contributed by atoms with E-state index in [-0.39, 0.29) is 12.1 Å². The van der Waals surface area contributed by atoms with Crippen molar-refractivity contribution in [2.24, 2.45) is 5.73 Å². The summed E-state index contributed by atoms with van der Waals surface area (Å²) in [6, 6.07) is 11.3. The topological polar surface area (TPSA) is 84.2 Å². The normalized spacial score (nSPS) is 17.0. The SMILES string of the molecule is Cc1ccccc1[C@@H](NC(=O)NC1(C(N)=O)CCCC1)c1cccs1. The summed E-state index contributed by atoms with van der Waals surface area (Å²) in [7, 11) is 0. The summed E-state index contributed by atoms with van der Waals surface area (Å²) < 4.78 is 0. The number of carbonyl (C=O) groups excluding carboxylic acids is 2. The second-order valence-electron chi connectivity index (χ2n) is 6.56. The monoisotopic (exact) mass is 357 g/mol. The van der Waals surface area contributed by atoms with Crippen molar-refractivity contribution < 1.29 is 9.59 Å². The Morgan fingerprint density at radius 3 is 2.48 bits per heavy atom. The number of carbonyl (C=O) groups is 2. The van der Waals surface area contributed by atoms with Crippen molar-refractivity contribution in [3.05, 3.63) is 57.8 Å². The summed E-state index contributed by atoms with van der Waals surface area (Å²) in [5, 5.41) is 7.88. The molecule has 0 saturated heterocycles. The van der Waals surface area contributed by atoms with Crippen molar-refractivity contribution in [3.63, 3.8) is 0 Å². The van der Waals surface area contributed by atoms with Gasteiger partial charge in [0.15, 0.2) is 0 Å². The molecule has 1 aliphatic rings. The molecule has 2 aromatic rings. The molecule has 1 aromatic heterocycles. The van der Waals surface area contributed by atoms with Gasteiger partial charge >= 0.3 is 6.03 Å². The van der Waals surface area contributed by atoms with Crippen LogP contribution in [0, 0.1) is 6.92 Å². The van der Waals surface area contributed by atoms with Crippen LogP contribution in [0.4, 0.5) is 4.79 Å². The smallest absolute Gasteiger partial charge is 0.316 e. The third-order valence-corrected chi connectivity index (χ3v) is 5.82. The van der Waals surface area contributed by atoms with Crippen LogP contribution in [0.1, 0.15) is 47.7 Å². The second-order valence-corrected chi connectivity index (χ2v) is 7.54. The van der Waals surface area contributed by atoms with Gasteiger partial charge in [0.05, 0.1) is 6.04 Å². The molecule has 1 heterocycles. The van der Waals surface area contributed by atoms with Gasteiger partial charge in [-0.3, -0.25) is 4.79 Å². The molecule has 1 saturated carbocycles. The van der Waals surface area contributed by atoms with E-state index in [1.165, 1.54) is 0 Å². The number of hydrogen-bond acceptors (Lipinski definition) is 3. The number of urea groups is 1. The lowest BCUT2D eigenvalue weighted by Crippen LogP contribution is -2.58. The predicted octanol–water partition coefficient (Wildman–Crippen LogP) is 3.24. The fraction of sp³-hybridized carbons (Fsp3) is 0.368. The zero-order valence-corrected chi connectivity index (χ0v) is 15.1. The maximum absolute atomic E-state index is 12.7.